The van der Waals surface area contributed by atoms with Crippen molar-refractivity contribution in [1.82, 2.24) is 9.97 Å². The van der Waals surface area contributed by atoms with E-state index in [1.807, 2.05) is 0 Å². The Morgan fingerprint density at radius 1 is 1.25 bits per heavy atom. The number of H-pyrrole nitrogens is 1. The van der Waals surface area contributed by atoms with E-state index in [1.54, 1.807) is 18.2 Å². The summed E-state index contributed by atoms with van der Waals surface area (Å²) in [6.07, 6.45) is 3.94. The normalized spacial score (nSPS) is 18.5. The third-order valence-electron chi connectivity index (χ3n) is 5.19. The minimum Gasteiger partial charge on any atom is -0.343 e. The van der Waals surface area contributed by atoms with Crippen LogP contribution in [-0.2, 0) is 4.79 Å². The lowest BCUT2D eigenvalue weighted by Crippen LogP contribution is -2.33. The number of nitrogens with zero attached hydrogens (tertiary/aromatic N) is 1. The zero-order valence-electron chi connectivity index (χ0n) is 15.7. The Balaban J connectivity index is 1.86. The van der Waals surface area contributed by atoms with Crippen molar-refractivity contribution in [2.75, 3.05) is 11.1 Å². The average molecular weight is 399 g/mol. The first-order valence-corrected chi connectivity index (χ1v) is 10.6. The molecule has 1 aliphatic heterocycles. The van der Waals surface area contributed by atoms with Crippen LogP contribution in [0.3, 0.4) is 0 Å². The van der Waals surface area contributed by atoms with E-state index < -0.39 is 11.7 Å². The number of halogens is 1. The molecule has 1 aromatic carbocycles. The number of hydrogen-bond donors (Lipinski definition) is 2. The highest BCUT2D eigenvalue weighted by Gasteiger charge is 2.38. The first kappa shape index (κ1) is 18.9. The van der Waals surface area contributed by atoms with Gasteiger partial charge in [-0.2, -0.15) is 0 Å². The van der Waals surface area contributed by atoms with Gasteiger partial charge in [-0.15, -0.1) is 0 Å². The number of aromatic amines is 1. The van der Waals surface area contributed by atoms with E-state index in [9.17, 15) is 14.0 Å². The Hall–Kier alpha value is -2.41. The Morgan fingerprint density at radius 2 is 2.07 bits per heavy atom. The molecule has 0 saturated carbocycles. The van der Waals surface area contributed by atoms with Gasteiger partial charge in [-0.1, -0.05) is 43.3 Å². The minimum atomic E-state index is -0.730. The predicted octanol–water partition coefficient (Wildman–Crippen LogP) is 4.37. The number of unbranched alkanes of at least 4 members (excludes halogenated alkanes) is 1. The number of aromatic nitrogens is 2. The molecule has 0 fully saturated rings. The predicted molar refractivity (Wildman–Crippen MR) is 108 cm³/mol. The number of ketones is 1. The summed E-state index contributed by atoms with van der Waals surface area (Å²) in [6, 6.07) is 6.34. The van der Waals surface area contributed by atoms with Gasteiger partial charge in [0.2, 0.25) is 0 Å². The van der Waals surface area contributed by atoms with Gasteiger partial charge in [0.25, 0.3) is 5.56 Å². The fourth-order valence-electron chi connectivity index (χ4n) is 3.84. The zero-order valence-corrected chi connectivity index (χ0v) is 16.5. The van der Waals surface area contributed by atoms with Crippen molar-refractivity contribution in [2.24, 2.45) is 0 Å². The summed E-state index contributed by atoms with van der Waals surface area (Å²) in [5.41, 5.74) is 1.60. The summed E-state index contributed by atoms with van der Waals surface area (Å²) in [6.45, 7) is 2.11. The molecule has 0 spiro atoms. The average Bonchev–Trinajstić information content (AvgIpc) is 2.67. The minimum absolute atomic E-state index is 0.0338. The lowest BCUT2D eigenvalue weighted by atomic mass is 9.76. The van der Waals surface area contributed by atoms with Crippen LogP contribution in [0.15, 0.2) is 45.5 Å². The monoisotopic (exact) mass is 399 g/mol. The Bertz CT molecular complexity index is 1010. The van der Waals surface area contributed by atoms with E-state index >= 15 is 0 Å². The highest BCUT2D eigenvalue weighted by atomic mass is 32.2. The van der Waals surface area contributed by atoms with Crippen LogP contribution in [0.4, 0.5) is 10.2 Å². The Labute approximate surface area is 166 Å². The molecule has 4 rings (SSSR count). The molecular weight excluding hydrogens is 377 g/mol. The smallest absolute Gasteiger partial charge is 0.257 e. The standard InChI is InChI=1S/C21H22FN3O2S/c1-2-3-11-28-21-24-19-18(20(27)25-21)16(12-7-4-5-8-13(12)22)17-14(23-19)9-6-10-15(17)26/h4-5,7-8,16H,2-3,6,9-11H2,1H3,(H2,23,24,25,27). The van der Waals surface area contributed by atoms with Crippen molar-refractivity contribution < 1.29 is 9.18 Å². The van der Waals surface area contributed by atoms with Crippen molar-refractivity contribution in [1.29, 1.82) is 0 Å². The molecule has 0 radical (unpaired) electrons. The van der Waals surface area contributed by atoms with E-state index in [1.165, 1.54) is 17.8 Å². The van der Waals surface area contributed by atoms with Gasteiger partial charge in [0.15, 0.2) is 10.9 Å². The number of rotatable bonds is 5. The van der Waals surface area contributed by atoms with Crippen molar-refractivity contribution >= 4 is 23.4 Å². The Morgan fingerprint density at radius 3 is 2.86 bits per heavy atom. The maximum absolute atomic E-state index is 14.7. The fraction of sp³-hybridized carbons (Fsp3) is 0.381. The number of anilines is 1. The van der Waals surface area contributed by atoms with Gasteiger partial charge in [0.1, 0.15) is 11.6 Å². The lowest BCUT2D eigenvalue weighted by Gasteiger charge is -2.32. The van der Waals surface area contributed by atoms with Gasteiger partial charge in [-0.25, -0.2) is 9.37 Å². The number of benzene rings is 1. The third kappa shape index (κ3) is 3.39. The van der Waals surface area contributed by atoms with E-state index in [2.05, 4.69) is 22.2 Å². The number of carbonyl (C=O) groups excluding carboxylic acids is 1. The molecule has 1 atom stereocenters. The number of thioether (sulfide) groups is 1. The second kappa shape index (κ2) is 7.91. The van der Waals surface area contributed by atoms with Crippen LogP contribution in [0, 0.1) is 5.82 Å². The second-order valence-electron chi connectivity index (χ2n) is 7.08. The SMILES string of the molecule is CCCCSc1nc2c(c(=O)[nH]1)C(c1ccccc1F)C1=C(CCCC1=O)N2. The summed E-state index contributed by atoms with van der Waals surface area (Å²) < 4.78 is 14.7. The molecule has 0 amide bonds. The van der Waals surface area contributed by atoms with E-state index in [-0.39, 0.29) is 11.3 Å². The lowest BCUT2D eigenvalue weighted by molar-refractivity contribution is -0.116. The zero-order chi connectivity index (χ0) is 19.7. The first-order valence-electron chi connectivity index (χ1n) is 9.64. The second-order valence-corrected chi connectivity index (χ2v) is 8.17. The summed E-state index contributed by atoms with van der Waals surface area (Å²) in [5, 5.41) is 3.76. The van der Waals surface area contributed by atoms with Crippen LogP contribution in [0.25, 0.3) is 0 Å². The molecule has 146 valence electrons. The molecular formula is C21H22FN3O2S. The van der Waals surface area contributed by atoms with Gasteiger partial charge in [0.05, 0.1) is 11.5 Å². The highest BCUT2D eigenvalue weighted by Crippen LogP contribution is 2.44. The van der Waals surface area contributed by atoms with Crippen molar-refractivity contribution in [2.45, 2.75) is 50.1 Å². The van der Waals surface area contributed by atoms with Crippen LogP contribution in [0.2, 0.25) is 0 Å². The van der Waals surface area contributed by atoms with Gasteiger partial charge in [0, 0.05) is 29.0 Å². The molecule has 0 saturated heterocycles. The molecule has 28 heavy (non-hydrogen) atoms. The number of fused-ring (bicyclic) bond motifs is 1. The first-order chi connectivity index (χ1) is 13.6. The van der Waals surface area contributed by atoms with Crippen molar-refractivity contribution in [3.05, 3.63) is 62.8 Å². The molecule has 0 bridgehead atoms. The number of hydrogen-bond acceptors (Lipinski definition) is 5. The molecule has 2 heterocycles. The molecule has 7 heteroatoms. The fourth-order valence-corrected chi connectivity index (χ4v) is 4.79. The molecule has 5 nitrogen and oxygen atoms in total. The molecule has 2 aliphatic rings. The van der Waals surface area contributed by atoms with Crippen LogP contribution >= 0.6 is 11.8 Å². The van der Waals surface area contributed by atoms with Gasteiger partial charge < -0.3 is 10.3 Å². The van der Waals surface area contributed by atoms with Crippen LogP contribution in [0.5, 0.6) is 0 Å². The number of Topliss-reactive ketones (excluding diaryl/α,β-unsaturated/α-hetero) is 1. The van der Waals surface area contributed by atoms with E-state index in [0.29, 0.717) is 40.5 Å². The molecule has 1 unspecified atom stereocenters. The summed E-state index contributed by atoms with van der Waals surface area (Å²) in [7, 11) is 0. The largest absolute Gasteiger partial charge is 0.343 e. The molecule has 1 aliphatic carbocycles. The van der Waals surface area contributed by atoms with Crippen molar-refractivity contribution in [3.63, 3.8) is 0 Å². The Kier molecular flexibility index (Phi) is 5.35. The third-order valence-corrected chi connectivity index (χ3v) is 6.15. The summed E-state index contributed by atoms with van der Waals surface area (Å²) in [5.74, 6) is 0.108. The quantitative estimate of drug-likeness (QED) is 0.444. The topological polar surface area (TPSA) is 74.8 Å². The number of nitrogens with one attached hydrogen (secondary N) is 2. The molecule has 2 N–H and O–H groups in total. The maximum Gasteiger partial charge on any atom is 0.257 e. The summed E-state index contributed by atoms with van der Waals surface area (Å²) >= 11 is 1.50. The molecule has 2 aromatic rings. The van der Waals surface area contributed by atoms with Crippen LogP contribution in [0.1, 0.15) is 56.1 Å². The number of carbonyl (C=O) groups is 1. The van der Waals surface area contributed by atoms with Gasteiger partial charge in [-0.3, -0.25) is 9.59 Å². The van der Waals surface area contributed by atoms with E-state index in [0.717, 1.165) is 30.7 Å². The molecule has 1 aromatic heterocycles. The summed E-state index contributed by atoms with van der Waals surface area (Å²) in [4.78, 5) is 33.1. The van der Waals surface area contributed by atoms with Crippen LogP contribution in [-0.4, -0.2) is 21.5 Å². The van der Waals surface area contributed by atoms with Gasteiger partial charge >= 0.3 is 0 Å². The number of allylic oxidation sites excluding steroid dienone is 2. The highest BCUT2D eigenvalue weighted by molar-refractivity contribution is 7.99. The van der Waals surface area contributed by atoms with Crippen molar-refractivity contribution in [3.8, 4) is 0 Å². The van der Waals surface area contributed by atoms with Crippen LogP contribution < -0.4 is 10.9 Å². The van der Waals surface area contributed by atoms with E-state index in [4.69, 9.17) is 0 Å². The maximum atomic E-state index is 14.7. The van der Waals surface area contributed by atoms with Gasteiger partial charge in [-0.05, 0) is 25.3 Å².